The molecule has 0 heterocycles. The van der Waals surface area contributed by atoms with Crippen LogP contribution in [-0.2, 0) is 65.4 Å². The minimum Gasteiger partial charge on any atom is -0.462 e. The van der Waals surface area contributed by atoms with Crippen LogP contribution in [0.2, 0.25) is 0 Å². The van der Waals surface area contributed by atoms with Crippen molar-refractivity contribution < 1.29 is 80.2 Å². The molecular weight excluding hydrogens is 1250 g/mol. The van der Waals surface area contributed by atoms with Gasteiger partial charge >= 0.3 is 39.5 Å². The molecule has 0 saturated heterocycles. The van der Waals surface area contributed by atoms with Crippen LogP contribution in [0.3, 0.4) is 0 Å². The van der Waals surface area contributed by atoms with E-state index in [9.17, 15) is 43.2 Å². The van der Waals surface area contributed by atoms with Crippen molar-refractivity contribution in [1.82, 2.24) is 0 Å². The second kappa shape index (κ2) is 67.4. The summed E-state index contributed by atoms with van der Waals surface area (Å²) in [6.45, 7) is 9.53. The van der Waals surface area contributed by atoms with Crippen LogP contribution in [0.25, 0.3) is 0 Å². The van der Waals surface area contributed by atoms with Crippen molar-refractivity contribution in [3.63, 3.8) is 0 Å². The van der Waals surface area contributed by atoms with Gasteiger partial charge in [-0.1, -0.05) is 316 Å². The molecule has 0 aromatic heterocycles. The van der Waals surface area contributed by atoms with Crippen molar-refractivity contribution in [1.29, 1.82) is 0 Å². The van der Waals surface area contributed by atoms with Crippen molar-refractivity contribution in [2.75, 3.05) is 39.6 Å². The third-order valence-corrected chi connectivity index (χ3v) is 19.0. The smallest absolute Gasteiger partial charge is 0.462 e. The molecule has 95 heavy (non-hydrogen) atoms. The molecule has 0 radical (unpaired) electrons. The Hall–Kier alpha value is -2.46. The van der Waals surface area contributed by atoms with Gasteiger partial charge in [0.15, 0.2) is 12.2 Å². The van der Waals surface area contributed by atoms with Crippen molar-refractivity contribution in [2.24, 2.45) is 11.8 Å². The Balaban J connectivity index is 5.27. The van der Waals surface area contributed by atoms with Crippen LogP contribution in [0, 0.1) is 11.8 Å². The third kappa shape index (κ3) is 69.8. The Labute approximate surface area is 580 Å². The van der Waals surface area contributed by atoms with Crippen molar-refractivity contribution in [2.45, 2.75) is 387 Å². The molecule has 0 aromatic carbocycles. The summed E-state index contributed by atoms with van der Waals surface area (Å²) in [5, 5.41) is 10.6. The number of esters is 4. The average molecular weight is 1390 g/mol. The van der Waals surface area contributed by atoms with Crippen LogP contribution in [-0.4, -0.2) is 96.7 Å². The molecule has 0 saturated carbocycles. The van der Waals surface area contributed by atoms with Crippen molar-refractivity contribution in [3.8, 4) is 0 Å². The summed E-state index contributed by atoms with van der Waals surface area (Å²) in [7, 11) is -9.92. The summed E-state index contributed by atoms with van der Waals surface area (Å²) in [4.78, 5) is 72.7. The van der Waals surface area contributed by atoms with Gasteiger partial charge in [-0.05, 0) is 63.2 Å². The number of allylic oxidation sites excluding steroid dienone is 4. The van der Waals surface area contributed by atoms with E-state index in [1.807, 2.05) is 0 Å². The number of phosphoric acid groups is 2. The molecule has 0 fully saturated rings. The van der Waals surface area contributed by atoms with E-state index in [0.29, 0.717) is 25.7 Å². The van der Waals surface area contributed by atoms with Crippen molar-refractivity contribution >= 4 is 39.5 Å². The van der Waals surface area contributed by atoms with E-state index in [1.165, 1.54) is 167 Å². The Morgan fingerprint density at radius 1 is 0.326 bits per heavy atom. The number of unbranched alkanes of at least 4 members (excludes halogenated alkanes) is 40. The summed E-state index contributed by atoms with van der Waals surface area (Å²) in [6, 6.07) is 0. The second-order valence-corrected chi connectivity index (χ2v) is 30.6. The molecule has 0 amide bonds. The van der Waals surface area contributed by atoms with Crippen LogP contribution in [0.15, 0.2) is 24.3 Å². The fourth-order valence-electron chi connectivity index (χ4n) is 11.1. The fraction of sp³-hybridized carbons (Fsp3) is 0.895. The average Bonchev–Trinajstić information content (AvgIpc) is 1.32. The number of aliphatic hydroxyl groups is 1. The number of hydrogen-bond donors (Lipinski definition) is 3. The molecular formula is C76H144O17P2. The first-order valence-electron chi connectivity index (χ1n) is 38.8. The Morgan fingerprint density at radius 3 is 0.863 bits per heavy atom. The lowest BCUT2D eigenvalue weighted by molar-refractivity contribution is -0.161. The predicted molar refractivity (Wildman–Crippen MR) is 386 cm³/mol. The van der Waals surface area contributed by atoms with E-state index < -0.39 is 97.5 Å². The first-order chi connectivity index (χ1) is 45.9. The lowest BCUT2D eigenvalue weighted by atomic mass is 10.0. The number of rotatable bonds is 73. The van der Waals surface area contributed by atoms with Gasteiger partial charge in [-0.25, -0.2) is 9.13 Å². The van der Waals surface area contributed by atoms with Gasteiger partial charge in [0.25, 0.3) is 0 Å². The predicted octanol–water partition coefficient (Wildman–Crippen LogP) is 21.9. The van der Waals surface area contributed by atoms with E-state index in [0.717, 1.165) is 121 Å². The highest BCUT2D eigenvalue weighted by Crippen LogP contribution is 2.45. The molecule has 5 atom stereocenters. The maximum Gasteiger partial charge on any atom is 0.472 e. The fourth-order valence-corrected chi connectivity index (χ4v) is 12.7. The Kier molecular flexibility index (Phi) is 65.6. The molecule has 0 spiro atoms. The topological polar surface area (TPSA) is 237 Å². The normalized spacial score (nSPS) is 14.2. The number of ether oxygens (including phenoxy) is 4. The van der Waals surface area contributed by atoms with Gasteiger partial charge in [-0.2, -0.15) is 0 Å². The summed E-state index contributed by atoms with van der Waals surface area (Å²) >= 11 is 0. The molecule has 2 unspecified atom stereocenters. The zero-order valence-electron chi connectivity index (χ0n) is 61.5. The van der Waals surface area contributed by atoms with Gasteiger partial charge in [0.1, 0.15) is 19.3 Å². The number of carbonyl (C=O) groups is 4. The van der Waals surface area contributed by atoms with Gasteiger partial charge in [0.05, 0.1) is 26.4 Å². The Bertz CT molecular complexity index is 1930. The molecule has 0 bridgehead atoms. The zero-order valence-corrected chi connectivity index (χ0v) is 63.2. The molecule has 0 aliphatic rings. The summed E-state index contributed by atoms with van der Waals surface area (Å²) < 4.78 is 68.5. The molecule has 0 aliphatic carbocycles. The number of phosphoric ester groups is 2. The van der Waals surface area contributed by atoms with E-state index in [2.05, 4.69) is 65.8 Å². The molecule has 560 valence electrons. The van der Waals surface area contributed by atoms with Gasteiger partial charge in [-0.3, -0.25) is 37.3 Å². The number of aliphatic hydroxyl groups excluding tert-OH is 1. The van der Waals surface area contributed by atoms with Crippen LogP contribution >= 0.6 is 15.6 Å². The highest BCUT2D eigenvalue weighted by atomic mass is 31.2. The lowest BCUT2D eigenvalue weighted by Crippen LogP contribution is -2.30. The maximum absolute atomic E-state index is 13.1. The second-order valence-electron chi connectivity index (χ2n) is 27.7. The van der Waals surface area contributed by atoms with Crippen LogP contribution in [0.1, 0.15) is 369 Å². The maximum atomic E-state index is 13.1. The summed E-state index contributed by atoms with van der Waals surface area (Å²) in [5.41, 5.74) is 0. The minimum absolute atomic E-state index is 0.101. The van der Waals surface area contributed by atoms with Gasteiger partial charge in [0, 0.05) is 25.7 Å². The lowest BCUT2D eigenvalue weighted by Gasteiger charge is -2.21. The SMILES string of the molecule is CCCCCC/C=C\C=C/CCCCCCCC(=O)OC[C@H](COP(=O)(O)OC[C@@H](O)COP(=O)(O)OC[C@@H](COC(=O)CCCCCCCCCCC)OC(=O)CCCCCCCCCCCCCC(C)C)OC(=O)CCCCCCCCCCCCCCCCC(C)C. The van der Waals surface area contributed by atoms with E-state index in [4.69, 9.17) is 37.0 Å². The largest absolute Gasteiger partial charge is 0.472 e. The monoisotopic (exact) mass is 1390 g/mol. The molecule has 0 aliphatic heterocycles. The number of hydrogen-bond acceptors (Lipinski definition) is 15. The van der Waals surface area contributed by atoms with E-state index in [1.54, 1.807) is 0 Å². The van der Waals surface area contributed by atoms with E-state index >= 15 is 0 Å². The van der Waals surface area contributed by atoms with Gasteiger partial charge < -0.3 is 33.8 Å². The first-order valence-corrected chi connectivity index (χ1v) is 41.8. The third-order valence-electron chi connectivity index (χ3n) is 17.1. The summed E-state index contributed by atoms with van der Waals surface area (Å²) in [6.07, 6.45) is 57.6. The first kappa shape index (κ1) is 92.5. The zero-order chi connectivity index (χ0) is 70.0. The van der Waals surface area contributed by atoms with Crippen molar-refractivity contribution in [3.05, 3.63) is 24.3 Å². The molecule has 0 aromatic rings. The molecule has 3 N–H and O–H groups in total. The standard InChI is InChI=1S/C76H144O17P2/c1-7-9-11-13-15-17-18-19-20-24-29-35-41-47-53-59-74(79)87-65-72(93-75(80)60-54-48-42-36-30-25-22-21-23-27-33-38-44-50-56-68(3)4)67-91-95(84,85)89-63-70(77)62-88-94(82,83)90-66-71(64-86-73(78)58-52-46-40-32-16-14-12-10-8-2)92-76(81)61-55-49-43-37-31-26-28-34-39-45-51-57-69(5)6/h17-20,68-72,77H,7-16,21-67H2,1-6H3,(H,82,83)(H,84,85)/b18-17-,20-19-/t70-,71+,72+/m0/s1. The minimum atomic E-state index is -4.96. The number of carbonyl (C=O) groups excluding carboxylic acids is 4. The van der Waals surface area contributed by atoms with Crippen LogP contribution < -0.4 is 0 Å². The Morgan fingerprint density at radius 2 is 0.568 bits per heavy atom. The molecule has 0 rings (SSSR count). The van der Waals surface area contributed by atoms with Crippen LogP contribution in [0.4, 0.5) is 0 Å². The van der Waals surface area contributed by atoms with E-state index in [-0.39, 0.29) is 25.7 Å². The highest BCUT2D eigenvalue weighted by molar-refractivity contribution is 7.47. The summed E-state index contributed by atoms with van der Waals surface area (Å²) in [5.74, 6) is -0.590. The molecule has 17 nitrogen and oxygen atoms in total. The molecule has 19 heteroatoms. The van der Waals surface area contributed by atoms with Gasteiger partial charge in [-0.15, -0.1) is 0 Å². The van der Waals surface area contributed by atoms with Crippen LogP contribution in [0.5, 0.6) is 0 Å². The highest BCUT2D eigenvalue weighted by Gasteiger charge is 2.30. The quantitative estimate of drug-likeness (QED) is 0.0169. The van der Waals surface area contributed by atoms with Gasteiger partial charge in [0.2, 0.25) is 0 Å².